The van der Waals surface area contributed by atoms with E-state index in [0.717, 1.165) is 32.0 Å². The van der Waals surface area contributed by atoms with Gasteiger partial charge >= 0.3 is 0 Å². The van der Waals surface area contributed by atoms with Crippen molar-refractivity contribution in [2.45, 2.75) is 57.0 Å². The lowest BCUT2D eigenvalue weighted by Gasteiger charge is -2.33. The van der Waals surface area contributed by atoms with Crippen LogP contribution in [-0.2, 0) is 4.74 Å². The topological polar surface area (TPSA) is 62.9 Å². The lowest BCUT2D eigenvalue weighted by Crippen LogP contribution is -2.49. The molecule has 1 saturated heterocycles. The number of nitrogens with one attached hydrogen (secondary N) is 1. The first-order chi connectivity index (χ1) is 8.81. The summed E-state index contributed by atoms with van der Waals surface area (Å²) in [5, 5.41) is 0. The van der Waals surface area contributed by atoms with Gasteiger partial charge in [0.05, 0.1) is 6.04 Å². The number of ether oxygens (including phenoxy) is 1. The van der Waals surface area contributed by atoms with Crippen LogP contribution in [0.4, 0.5) is 0 Å². The van der Waals surface area contributed by atoms with Crippen molar-refractivity contribution < 1.29 is 4.74 Å². The second-order valence-corrected chi connectivity index (χ2v) is 5.34. The summed E-state index contributed by atoms with van der Waals surface area (Å²) in [5.41, 5.74) is 2.78. The minimum atomic E-state index is 0.451. The Balaban J connectivity index is 1.94. The molecule has 0 atom stereocenters. The molecule has 0 aromatic heterocycles. The molecule has 0 bridgehead atoms. The number of nitrogens with zero attached hydrogens (tertiary/aromatic N) is 2. The molecule has 1 saturated carbocycles. The van der Waals surface area contributed by atoms with Crippen LogP contribution in [0, 0.1) is 0 Å². The molecule has 2 aliphatic rings. The summed E-state index contributed by atoms with van der Waals surface area (Å²) in [5.74, 6) is 6.49. The highest BCUT2D eigenvalue weighted by molar-refractivity contribution is 5.79. The Kier molecular flexibility index (Phi) is 5.26. The molecule has 0 spiro atoms. The van der Waals surface area contributed by atoms with E-state index in [-0.39, 0.29) is 0 Å². The largest absolute Gasteiger partial charge is 0.381 e. The molecule has 1 aliphatic carbocycles. The van der Waals surface area contributed by atoms with Gasteiger partial charge in [-0.15, -0.1) is 0 Å². The van der Waals surface area contributed by atoms with Gasteiger partial charge in [-0.25, -0.2) is 10.8 Å². The van der Waals surface area contributed by atoms with Crippen LogP contribution in [-0.4, -0.2) is 43.2 Å². The van der Waals surface area contributed by atoms with Crippen molar-refractivity contribution in [1.82, 2.24) is 10.3 Å². The summed E-state index contributed by atoms with van der Waals surface area (Å²) in [6.45, 7) is 1.69. The van der Waals surface area contributed by atoms with Gasteiger partial charge in [-0.1, -0.05) is 19.3 Å². The van der Waals surface area contributed by atoms with Crippen LogP contribution in [0.25, 0.3) is 0 Å². The predicted molar refractivity (Wildman–Crippen MR) is 73.2 cm³/mol. The smallest absolute Gasteiger partial charge is 0.208 e. The maximum absolute atomic E-state index is 5.64. The minimum Gasteiger partial charge on any atom is -0.381 e. The molecular formula is C13H26N4O. The fourth-order valence-corrected chi connectivity index (χ4v) is 2.86. The predicted octanol–water partition coefficient (Wildman–Crippen LogP) is 1.25. The molecule has 0 amide bonds. The van der Waals surface area contributed by atoms with Crippen LogP contribution in [0.5, 0.6) is 0 Å². The van der Waals surface area contributed by atoms with E-state index in [2.05, 4.69) is 17.4 Å². The summed E-state index contributed by atoms with van der Waals surface area (Å²) >= 11 is 0. The molecule has 0 aromatic carbocycles. The summed E-state index contributed by atoms with van der Waals surface area (Å²) in [6, 6.07) is 0.948. The summed E-state index contributed by atoms with van der Waals surface area (Å²) in [7, 11) is 2.08. The maximum atomic E-state index is 5.64. The van der Waals surface area contributed by atoms with E-state index < -0.39 is 0 Å². The number of hydrogen-bond donors (Lipinski definition) is 2. The van der Waals surface area contributed by atoms with Gasteiger partial charge in [0, 0.05) is 26.3 Å². The zero-order valence-corrected chi connectivity index (χ0v) is 11.4. The van der Waals surface area contributed by atoms with Gasteiger partial charge in [0.15, 0.2) is 0 Å². The van der Waals surface area contributed by atoms with Crippen LogP contribution in [0.15, 0.2) is 4.99 Å². The second kappa shape index (κ2) is 6.95. The lowest BCUT2D eigenvalue weighted by molar-refractivity contribution is 0.0596. The lowest BCUT2D eigenvalue weighted by atomic mass is 9.96. The van der Waals surface area contributed by atoms with Crippen molar-refractivity contribution in [1.29, 1.82) is 0 Å². The highest BCUT2D eigenvalue weighted by Gasteiger charge is 2.22. The number of nitrogens with two attached hydrogens (primary N) is 1. The van der Waals surface area contributed by atoms with E-state index in [4.69, 9.17) is 15.6 Å². The van der Waals surface area contributed by atoms with E-state index >= 15 is 0 Å². The first-order valence-corrected chi connectivity index (χ1v) is 7.16. The van der Waals surface area contributed by atoms with Crippen molar-refractivity contribution in [2.75, 3.05) is 20.3 Å². The van der Waals surface area contributed by atoms with Crippen LogP contribution < -0.4 is 11.3 Å². The van der Waals surface area contributed by atoms with Gasteiger partial charge in [0.2, 0.25) is 5.96 Å². The van der Waals surface area contributed by atoms with E-state index in [9.17, 15) is 0 Å². The zero-order chi connectivity index (χ0) is 12.8. The summed E-state index contributed by atoms with van der Waals surface area (Å²) < 4.78 is 5.40. The first-order valence-electron chi connectivity index (χ1n) is 7.16. The molecular weight excluding hydrogens is 228 g/mol. The Morgan fingerprint density at radius 1 is 1.17 bits per heavy atom. The average Bonchev–Trinajstić information content (AvgIpc) is 2.46. The monoisotopic (exact) mass is 254 g/mol. The number of hydrazine groups is 1. The molecule has 2 fully saturated rings. The second-order valence-electron chi connectivity index (χ2n) is 5.34. The molecule has 1 aliphatic heterocycles. The molecule has 1 heterocycles. The van der Waals surface area contributed by atoms with Crippen molar-refractivity contribution in [3.05, 3.63) is 0 Å². The maximum Gasteiger partial charge on any atom is 0.208 e. The van der Waals surface area contributed by atoms with E-state index in [1.54, 1.807) is 0 Å². The van der Waals surface area contributed by atoms with E-state index in [0.29, 0.717) is 12.1 Å². The highest BCUT2D eigenvalue weighted by atomic mass is 16.5. The number of aliphatic imine (C=N–C) groups is 1. The third-order valence-corrected chi connectivity index (χ3v) is 4.08. The molecule has 18 heavy (non-hydrogen) atoms. The Morgan fingerprint density at radius 2 is 1.83 bits per heavy atom. The Morgan fingerprint density at radius 3 is 2.44 bits per heavy atom. The van der Waals surface area contributed by atoms with Crippen LogP contribution in [0.2, 0.25) is 0 Å². The SMILES string of the molecule is CN(C(=NC1CCCCC1)NN)C1CCOCC1. The molecule has 0 unspecified atom stereocenters. The number of hydrogen-bond acceptors (Lipinski definition) is 3. The van der Waals surface area contributed by atoms with Crippen LogP contribution in [0.3, 0.4) is 0 Å². The van der Waals surface area contributed by atoms with E-state index in [1.165, 1.54) is 32.1 Å². The van der Waals surface area contributed by atoms with Gasteiger partial charge < -0.3 is 9.64 Å². The van der Waals surface area contributed by atoms with Gasteiger partial charge in [0.1, 0.15) is 0 Å². The average molecular weight is 254 g/mol. The molecule has 104 valence electrons. The summed E-state index contributed by atoms with van der Waals surface area (Å²) in [6.07, 6.45) is 8.47. The Bertz CT molecular complexity index is 270. The van der Waals surface area contributed by atoms with Crippen molar-refractivity contribution in [3.8, 4) is 0 Å². The molecule has 3 N–H and O–H groups in total. The molecule has 0 aromatic rings. The Hall–Kier alpha value is -0.810. The first kappa shape index (κ1) is 13.6. The van der Waals surface area contributed by atoms with Crippen LogP contribution >= 0.6 is 0 Å². The standard InChI is InChI=1S/C13H26N4O/c1-17(12-7-9-18-10-8-12)13(16-14)15-11-5-3-2-4-6-11/h11-12H,2-10,14H2,1H3,(H,15,16). The Labute approximate surface area is 110 Å². The van der Waals surface area contributed by atoms with Crippen molar-refractivity contribution in [2.24, 2.45) is 10.8 Å². The number of rotatable bonds is 2. The van der Waals surface area contributed by atoms with Gasteiger partial charge in [-0.3, -0.25) is 5.43 Å². The van der Waals surface area contributed by atoms with Gasteiger partial charge in [0.25, 0.3) is 0 Å². The van der Waals surface area contributed by atoms with Crippen molar-refractivity contribution >= 4 is 5.96 Å². The quantitative estimate of drug-likeness (QED) is 0.337. The fourth-order valence-electron chi connectivity index (χ4n) is 2.86. The minimum absolute atomic E-state index is 0.451. The summed E-state index contributed by atoms with van der Waals surface area (Å²) in [4.78, 5) is 6.99. The van der Waals surface area contributed by atoms with Crippen LogP contribution in [0.1, 0.15) is 44.9 Å². The van der Waals surface area contributed by atoms with Gasteiger partial charge in [-0.05, 0) is 25.7 Å². The molecule has 5 heteroatoms. The highest BCUT2D eigenvalue weighted by Crippen LogP contribution is 2.21. The van der Waals surface area contributed by atoms with Gasteiger partial charge in [-0.2, -0.15) is 0 Å². The molecule has 5 nitrogen and oxygen atoms in total. The fraction of sp³-hybridized carbons (Fsp3) is 0.923. The van der Waals surface area contributed by atoms with E-state index in [1.807, 2.05) is 0 Å². The zero-order valence-electron chi connectivity index (χ0n) is 11.4. The molecule has 0 radical (unpaired) electrons. The van der Waals surface area contributed by atoms with Crippen molar-refractivity contribution in [3.63, 3.8) is 0 Å². The number of guanidine groups is 1. The third kappa shape index (κ3) is 3.59. The molecule has 2 rings (SSSR count). The normalized spacial score (nSPS) is 24.0. The third-order valence-electron chi connectivity index (χ3n) is 4.08.